The predicted molar refractivity (Wildman–Crippen MR) is 88.7 cm³/mol. The van der Waals surface area contributed by atoms with Gasteiger partial charge in [-0.1, -0.05) is 11.6 Å². The second-order valence-corrected chi connectivity index (χ2v) is 6.23. The van der Waals surface area contributed by atoms with Gasteiger partial charge in [0.25, 0.3) is 0 Å². The summed E-state index contributed by atoms with van der Waals surface area (Å²) in [6.45, 7) is 2.01. The zero-order valence-electron chi connectivity index (χ0n) is 9.95. The molecule has 0 bridgehead atoms. The van der Waals surface area contributed by atoms with E-state index in [4.69, 9.17) is 23.8 Å². The van der Waals surface area contributed by atoms with E-state index < -0.39 is 0 Å². The molecule has 0 aliphatic heterocycles. The van der Waals surface area contributed by atoms with Gasteiger partial charge >= 0.3 is 0 Å². The van der Waals surface area contributed by atoms with Crippen molar-refractivity contribution in [1.82, 2.24) is 14.5 Å². The topological polar surface area (TPSA) is 33.6 Å². The lowest BCUT2D eigenvalue weighted by Crippen LogP contribution is -1.98. The highest BCUT2D eigenvalue weighted by Gasteiger charge is 2.10. The monoisotopic (exact) mass is 401 g/mol. The summed E-state index contributed by atoms with van der Waals surface area (Å²) in [5, 5.41) is 0.711. The molecule has 6 heteroatoms. The molecule has 2 heterocycles. The van der Waals surface area contributed by atoms with E-state index in [9.17, 15) is 0 Å². The quantitative estimate of drug-likeness (QED) is 0.476. The number of aromatic nitrogens is 3. The van der Waals surface area contributed by atoms with Gasteiger partial charge in [0.05, 0.1) is 11.2 Å². The molecule has 0 saturated carbocycles. The Morgan fingerprint density at radius 1 is 1.37 bits per heavy atom. The number of aryl methyl sites for hydroxylation is 1. The predicted octanol–water partition coefficient (Wildman–Crippen LogP) is 4.65. The Balaban J connectivity index is 2.36. The number of aromatic amines is 1. The molecular weight excluding hydrogens is 393 g/mol. The van der Waals surface area contributed by atoms with Crippen molar-refractivity contribution in [3.05, 3.63) is 49.4 Å². The SMILES string of the molecule is Cc1cnc2c(c1)[nH]c(=S)n2-c1ccc(Cl)cc1I. The van der Waals surface area contributed by atoms with Crippen molar-refractivity contribution >= 4 is 57.6 Å². The first-order valence-electron chi connectivity index (χ1n) is 5.59. The van der Waals surface area contributed by atoms with Gasteiger partial charge in [0, 0.05) is 14.8 Å². The molecule has 3 aromatic rings. The first-order valence-corrected chi connectivity index (χ1v) is 7.45. The van der Waals surface area contributed by atoms with Crippen LogP contribution in [0.4, 0.5) is 0 Å². The molecule has 96 valence electrons. The number of rotatable bonds is 1. The van der Waals surface area contributed by atoms with Crippen LogP contribution in [0.5, 0.6) is 0 Å². The Morgan fingerprint density at radius 3 is 2.89 bits per heavy atom. The fourth-order valence-corrected chi connectivity index (χ4v) is 3.39. The molecule has 2 aromatic heterocycles. The van der Waals surface area contributed by atoms with Gasteiger partial charge in [-0.3, -0.25) is 4.57 Å². The molecule has 0 atom stereocenters. The number of H-pyrrole nitrogens is 1. The first-order chi connectivity index (χ1) is 9.06. The van der Waals surface area contributed by atoms with Crippen LogP contribution in [-0.4, -0.2) is 14.5 Å². The van der Waals surface area contributed by atoms with E-state index in [0.717, 1.165) is 26.0 Å². The van der Waals surface area contributed by atoms with Crippen LogP contribution in [0, 0.1) is 15.3 Å². The van der Waals surface area contributed by atoms with Crippen LogP contribution in [0.15, 0.2) is 30.5 Å². The van der Waals surface area contributed by atoms with Crippen molar-refractivity contribution in [1.29, 1.82) is 0 Å². The molecule has 0 unspecified atom stereocenters. The zero-order valence-corrected chi connectivity index (χ0v) is 13.7. The number of halogens is 2. The van der Waals surface area contributed by atoms with Crippen LogP contribution >= 0.6 is 46.4 Å². The lowest BCUT2D eigenvalue weighted by molar-refractivity contribution is 1.04. The van der Waals surface area contributed by atoms with Crippen LogP contribution in [0.2, 0.25) is 5.02 Å². The Morgan fingerprint density at radius 2 is 2.16 bits per heavy atom. The average molecular weight is 402 g/mol. The Labute approximate surface area is 133 Å². The van der Waals surface area contributed by atoms with Gasteiger partial charge in [-0.15, -0.1) is 0 Å². The highest BCUT2D eigenvalue weighted by molar-refractivity contribution is 14.1. The zero-order chi connectivity index (χ0) is 13.6. The molecule has 3 nitrogen and oxygen atoms in total. The summed E-state index contributed by atoms with van der Waals surface area (Å²) in [5.41, 5.74) is 3.85. The second-order valence-electron chi connectivity index (χ2n) is 4.25. The van der Waals surface area contributed by atoms with Gasteiger partial charge in [0.1, 0.15) is 0 Å². The molecular formula is C13H9ClIN3S. The van der Waals surface area contributed by atoms with Crippen LogP contribution in [0.3, 0.4) is 0 Å². The number of fused-ring (bicyclic) bond motifs is 1. The molecule has 0 saturated heterocycles. The highest BCUT2D eigenvalue weighted by Crippen LogP contribution is 2.25. The van der Waals surface area contributed by atoms with E-state index in [-0.39, 0.29) is 0 Å². The Hall–Kier alpha value is -0.920. The number of imidazole rings is 1. The number of pyridine rings is 1. The molecule has 0 fully saturated rings. The normalized spacial score (nSPS) is 11.1. The summed E-state index contributed by atoms with van der Waals surface area (Å²) >= 11 is 13.6. The van der Waals surface area contributed by atoms with Crippen LogP contribution in [-0.2, 0) is 0 Å². The molecule has 19 heavy (non-hydrogen) atoms. The molecule has 0 amide bonds. The molecule has 1 N–H and O–H groups in total. The standard InChI is InChI=1S/C13H9ClIN3S/c1-7-4-10-12(16-6-7)18(13(19)17-10)11-3-2-8(14)5-9(11)15/h2-6H,1H3,(H,17,19). The van der Waals surface area contributed by atoms with Gasteiger partial charge in [-0.2, -0.15) is 0 Å². The lowest BCUT2D eigenvalue weighted by Gasteiger charge is -2.07. The van der Waals surface area contributed by atoms with Gasteiger partial charge in [0.15, 0.2) is 10.4 Å². The van der Waals surface area contributed by atoms with Crippen LogP contribution in [0.1, 0.15) is 5.56 Å². The van der Waals surface area contributed by atoms with Crippen molar-refractivity contribution in [2.24, 2.45) is 0 Å². The molecule has 0 spiro atoms. The minimum absolute atomic E-state index is 0.633. The minimum atomic E-state index is 0.633. The maximum Gasteiger partial charge on any atom is 0.184 e. The van der Waals surface area contributed by atoms with Crippen molar-refractivity contribution < 1.29 is 0 Å². The van der Waals surface area contributed by atoms with E-state index in [1.807, 2.05) is 42.0 Å². The smallest absolute Gasteiger partial charge is 0.184 e. The van der Waals surface area contributed by atoms with Gasteiger partial charge in [0.2, 0.25) is 0 Å². The summed E-state index contributed by atoms with van der Waals surface area (Å²) in [5.74, 6) is 0. The van der Waals surface area contributed by atoms with Crippen molar-refractivity contribution in [2.45, 2.75) is 6.92 Å². The molecule has 3 rings (SSSR count). The fourth-order valence-electron chi connectivity index (χ4n) is 1.99. The summed E-state index contributed by atoms with van der Waals surface area (Å²) in [4.78, 5) is 7.66. The average Bonchev–Trinajstić information content (AvgIpc) is 2.65. The third-order valence-electron chi connectivity index (χ3n) is 2.81. The first kappa shape index (κ1) is 13.1. The molecule has 0 radical (unpaired) electrons. The van der Waals surface area contributed by atoms with Crippen molar-refractivity contribution in [3.63, 3.8) is 0 Å². The van der Waals surface area contributed by atoms with Crippen molar-refractivity contribution in [2.75, 3.05) is 0 Å². The summed E-state index contributed by atoms with van der Waals surface area (Å²) in [6, 6.07) is 7.76. The Bertz CT molecular complexity index is 838. The Kier molecular flexibility index (Phi) is 3.36. The van der Waals surface area contributed by atoms with E-state index in [0.29, 0.717) is 9.79 Å². The number of nitrogens with one attached hydrogen (secondary N) is 1. The third kappa shape index (κ3) is 2.30. The van der Waals surface area contributed by atoms with Gasteiger partial charge < -0.3 is 4.98 Å². The van der Waals surface area contributed by atoms with E-state index >= 15 is 0 Å². The number of benzene rings is 1. The fraction of sp³-hybridized carbons (Fsp3) is 0.0769. The van der Waals surface area contributed by atoms with Crippen LogP contribution in [0.25, 0.3) is 16.9 Å². The van der Waals surface area contributed by atoms with Crippen LogP contribution < -0.4 is 0 Å². The molecule has 0 aliphatic rings. The van der Waals surface area contributed by atoms with Gasteiger partial charge in [-0.05, 0) is 71.6 Å². The summed E-state index contributed by atoms with van der Waals surface area (Å²) in [6.07, 6.45) is 1.84. The molecule has 0 aliphatic carbocycles. The maximum atomic E-state index is 5.99. The maximum absolute atomic E-state index is 5.99. The number of hydrogen-bond donors (Lipinski definition) is 1. The number of hydrogen-bond acceptors (Lipinski definition) is 2. The second kappa shape index (κ2) is 4.88. The minimum Gasteiger partial charge on any atom is -0.329 e. The van der Waals surface area contributed by atoms with Crippen molar-refractivity contribution in [3.8, 4) is 5.69 Å². The lowest BCUT2D eigenvalue weighted by atomic mass is 10.3. The summed E-state index contributed by atoms with van der Waals surface area (Å²) in [7, 11) is 0. The number of nitrogens with zero attached hydrogens (tertiary/aromatic N) is 2. The largest absolute Gasteiger partial charge is 0.329 e. The highest BCUT2D eigenvalue weighted by atomic mass is 127. The molecule has 1 aromatic carbocycles. The van der Waals surface area contributed by atoms with E-state index in [1.165, 1.54) is 0 Å². The summed E-state index contributed by atoms with van der Waals surface area (Å²) < 4.78 is 3.60. The third-order valence-corrected chi connectivity index (χ3v) is 4.19. The van der Waals surface area contributed by atoms with E-state index in [1.54, 1.807) is 0 Å². The van der Waals surface area contributed by atoms with E-state index in [2.05, 4.69) is 32.6 Å². The van der Waals surface area contributed by atoms with Gasteiger partial charge in [-0.25, -0.2) is 4.98 Å².